The molecule has 0 spiro atoms. The van der Waals surface area contributed by atoms with E-state index in [0.717, 1.165) is 22.3 Å². The molecule has 1 fully saturated rings. The second-order valence-electron chi connectivity index (χ2n) is 8.09. The summed E-state index contributed by atoms with van der Waals surface area (Å²) in [6, 6.07) is 8.61. The molecule has 0 aromatic heterocycles. The highest BCUT2D eigenvalue weighted by Crippen LogP contribution is 2.85. The van der Waals surface area contributed by atoms with Crippen LogP contribution in [0.15, 0.2) is 34.4 Å². The van der Waals surface area contributed by atoms with Crippen molar-refractivity contribution >= 4 is 0 Å². The van der Waals surface area contributed by atoms with Gasteiger partial charge in [0.2, 0.25) is 0 Å². The van der Waals surface area contributed by atoms with E-state index in [1.165, 1.54) is 0 Å². The van der Waals surface area contributed by atoms with Crippen molar-refractivity contribution in [2.24, 2.45) is 27.1 Å². The zero-order valence-corrected chi connectivity index (χ0v) is 15.4. The number of allylic oxidation sites excluding steroid dienone is 6. The van der Waals surface area contributed by atoms with E-state index in [0.29, 0.717) is 0 Å². The second-order valence-corrected chi connectivity index (χ2v) is 8.09. The van der Waals surface area contributed by atoms with Crippen molar-refractivity contribution in [3.8, 4) is 24.3 Å². The third kappa shape index (κ3) is 1.13. The van der Waals surface area contributed by atoms with Gasteiger partial charge in [-0.2, -0.15) is 21.0 Å². The van der Waals surface area contributed by atoms with E-state index in [-0.39, 0.29) is 0 Å². The first-order chi connectivity index (χ1) is 11.5. The van der Waals surface area contributed by atoms with Crippen LogP contribution in [0, 0.1) is 72.4 Å². The van der Waals surface area contributed by atoms with Gasteiger partial charge in [-0.25, -0.2) is 0 Å². The van der Waals surface area contributed by atoms with Gasteiger partial charge < -0.3 is 0 Å². The Labute approximate surface area is 149 Å². The van der Waals surface area contributed by atoms with Crippen molar-refractivity contribution in [3.63, 3.8) is 0 Å². The Kier molecular flexibility index (Phi) is 2.88. The van der Waals surface area contributed by atoms with Crippen LogP contribution in [-0.4, -0.2) is 0 Å². The predicted octanol–water partition coefficient (Wildman–Crippen LogP) is 4.32. The minimum absolute atomic E-state index is 0.690. The number of nitriles is 4. The molecule has 3 aliphatic rings. The molecule has 0 aromatic carbocycles. The van der Waals surface area contributed by atoms with E-state index < -0.39 is 27.1 Å². The topological polar surface area (TPSA) is 95.2 Å². The summed E-state index contributed by atoms with van der Waals surface area (Å²) in [5.74, 6) is 0. The van der Waals surface area contributed by atoms with Crippen molar-refractivity contribution in [1.29, 1.82) is 21.0 Å². The van der Waals surface area contributed by atoms with Crippen molar-refractivity contribution < 1.29 is 0 Å². The summed E-state index contributed by atoms with van der Waals surface area (Å²) in [5, 5.41) is 40.7. The molecule has 0 saturated heterocycles. The van der Waals surface area contributed by atoms with Gasteiger partial charge in [-0.05, 0) is 31.9 Å². The summed E-state index contributed by atoms with van der Waals surface area (Å²) in [6.45, 7) is 11.7. The molecule has 4 heteroatoms. The third-order valence-corrected chi connectivity index (χ3v) is 7.99. The fourth-order valence-electron chi connectivity index (χ4n) is 6.11. The molecule has 0 radical (unpaired) electrons. The van der Waals surface area contributed by atoms with Gasteiger partial charge in [0.15, 0.2) is 10.8 Å². The summed E-state index contributed by atoms with van der Waals surface area (Å²) < 4.78 is 0. The van der Waals surface area contributed by atoms with Gasteiger partial charge in [0, 0.05) is 16.2 Å². The zero-order chi connectivity index (χ0) is 19.1. The quantitative estimate of drug-likeness (QED) is 0.661. The van der Waals surface area contributed by atoms with E-state index in [1.807, 2.05) is 47.6 Å². The molecule has 4 nitrogen and oxygen atoms in total. The zero-order valence-electron chi connectivity index (χ0n) is 15.4. The molecular formula is C21H20N4. The maximum atomic E-state index is 10.2. The lowest BCUT2D eigenvalue weighted by atomic mass is 9.50. The van der Waals surface area contributed by atoms with Crippen LogP contribution < -0.4 is 0 Å². The Morgan fingerprint density at radius 2 is 1.24 bits per heavy atom. The lowest BCUT2D eigenvalue weighted by Gasteiger charge is -2.50. The van der Waals surface area contributed by atoms with Crippen molar-refractivity contribution in [2.75, 3.05) is 0 Å². The lowest BCUT2D eigenvalue weighted by Crippen LogP contribution is -2.47. The predicted molar refractivity (Wildman–Crippen MR) is 91.9 cm³/mol. The fraction of sp³-hybridized carbons (Fsp3) is 0.524. The normalized spacial score (nSPS) is 39.3. The molecule has 3 aliphatic carbocycles. The van der Waals surface area contributed by atoms with Gasteiger partial charge in [-0.15, -0.1) is 0 Å². The molecule has 0 amide bonds. The minimum Gasteiger partial charge on any atom is -0.196 e. The second kappa shape index (κ2) is 4.23. The molecule has 124 valence electrons. The maximum absolute atomic E-state index is 10.2. The van der Waals surface area contributed by atoms with Crippen LogP contribution in [0.25, 0.3) is 0 Å². The maximum Gasteiger partial charge on any atom is 0.186 e. The van der Waals surface area contributed by atoms with Crippen LogP contribution in [0.1, 0.15) is 41.5 Å². The molecule has 0 aromatic rings. The van der Waals surface area contributed by atoms with E-state index in [1.54, 1.807) is 0 Å². The number of hydrogen-bond donors (Lipinski definition) is 0. The molecule has 3 rings (SSSR count). The number of hydrogen-bond acceptors (Lipinski definition) is 4. The van der Waals surface area contributed by atoms with Crippen LogP contribution in [0.5, 0.6) is 0 Å². The Balaban J connectivity index is 2.69. The first-order valence-corrected chi connectivity index (χ1v) is 8.30. The summed E-state index contributed by atoms with van der Waals surface area (Å²) in [6.07, 6.45) is 4.02. The monoisotopic (exact) mass is 328 g/mol. The molecule has 0 bridgehead atoms. The summed E-state index contributed by atoms with van der Waals surface area (Å²) in [7, 11) is 0. The average Bonchev–Trinajstić information content (AvgIpc) is 2.87. The lowest BCUT2D eigenvalue weighted by molar-refractivity contribution is 0.0925. The van der Waals surface area contributed by atoms with E-state index >= 15 is 0 Å². The third-order valence-electron chi connectivity index (χ3n) is 7.99. The summed E-state index contributed by atoms with van der Waals surface area (Å²) in [4.78, 5) is 0. The van der Waals surface area contributed by atoms with Gasteiger partial charge in [-0.1, -0.05) is 44.1 Å². The Morgan fingerprint density at radius 3 is 1.68 bits per heavy atom. The van der Waals surface area contributed by atoms with Gasteiger partial charge in [0.05, 0.1) is 24.3 Å². The summed E-state index contributed by atoms with van der Waals surface area (Å²) in [5.41, 5.74) is -2.11. The van der Waals surface area contributed by atoms with E-state index in [9.17, 15) is 21.0 Å². The van der Waals surface area contributed by atoms with Crippen LogP contribution in [0.2, 0.25) is 0 Å². The highest BCUT2D eigenvalue weighted by molar-refractivity contribution is 5.66. The van der Waals surface area contributed by atoms with Gasteiger partial charge in [0.1, 0.15) is 0 Å². The standard InChI is InChI=1S/C21H20N4/c1-13-8-17(4)19(6)16(15(13)3)7-14(2)18(19,5)21(11-24,12-25)20(17,9-22)10-23/h7-8H,1-6H3/t17-,18+,19+/m0/s1. The van der Waals surface area contributed by atoms with Crippen LogP contribution in [0.4, 0.5) is 0 Å². The van der Waals surface area contributed by atoms with Crippen molar-refractivity contribution in [1.82, 2.24) is 0 Å². The first kappa shape index (κ1) is 17.0. The molecule has 0 N–H and O–H groups in total. The van der Waals surface area contributed by atoms with Crippen LogP contribution in [-0.2, 0) is 0 Å². The molecule has 0 unspecified atom stereocenters. The van der Waals surface area contributed by atoms with Crippen molar-refractivity contribution in [3.05, 3.63) is 34.4 Å². The molecule has 3 atom stereocenters. The molecular weight excluding hydrogens is 308 g/mol. The highest BCUT2D eigenvalue weighted by atomic mass is 14.9. The largest absolute Gasteiger partial charge is 0.196 e. The average molecular weight is 328 g/mol. The Morgan fingerprint density at radius 1 is 0.760 bits per heavy atom. The first-order valence-electron chi connectivity index (χ1n) is 8.30. The highest BCUT2D eigenvalue weighted by Gasteiger charge is 2.88. The molecule has 0 heterocycles. The molecule has 25 heavy (non-hydrogen) atoms. The number of nitrogens with zero attached hydrogens (tertiary/aromatic N) is 4. The smallest absolute Gasteiger partial charge is 0.186 e. The fourth-order valence-corrected chi connectivity index (χ4v) is 6.11. The van der Waals surface area contributed by atoms with Gasteiger partial charge >= 0.3 is 0 Å². The SMILES string of the molecule is CC1=C[C@]2(C)C(C#N)(C#N)C(C#N)(C#N)[C@]3(C)C(C)=CC(=C1C)[C@@]32C. The van der Waals surface area contributed by atoms with Crippen molar-refractivity contribution in [2.45, 2.75) is 41.5 Å². The minimum atomic E-state index is -1.77. The van der Waals surface area contributed by atoms with Crippen LogP contribution >= 0.6 is 0 Å². The Bertz CT molecular complexity index is 953. The molecule has 0 aliphatic heterocycles. The molecule has 1 saturated carbocycles. The van der Waals surface area contributed by atoms with Crippen LogP contribution in [0.3, 0.4) is 0 Å². The Hall–Kier alpha value is -2.82. The van der Waals surface area contributed by atoms with E-state index in [4.69, 9.17) is 0 Å². The van der Waals surface area contributed by atoms with E-state index in [2.05, 4.69) is 30.4 Å². The number of rotatable bonds is 0. The summed E-state index contributed by atoms with van der Waals surface area (Å²) >= 11 is 0. The van der Waals surface area contributed by atoms with Gasteiger partial charge in [0.25, 0.3) is 0 Å². The van der Waals surface area contributed by atoms with Gasteiger partial charge in [-0.3, -0.25) is 0 Å².